The van der Waals surface area contributed by atoms with Crippen LogP contribution in [0.1, 0.15) is 60.9 Å². The molecule has 2 aliphatic rings. The van der Waals surface area contributed by atoms with E-state index in [1.54, 1.807) is 17.0 Å². The number of nitrogens with zero attached hydrogens (tertiary/aromatic N) is 2. The summed E-state index contributed by atoms with van der Waals surface area (Å²) in [5, 5.41) is 3.54. The van der Waals surface area contributed by atoms with E-state index in [1.807, 2.05) is 39.8 Å². The van der Waals surface area contributed by atoms with Crippen molar-refractivity contribution in [3.8, 4) is 5.75 Å². The number of carbonyl (C=O) groups is 1. The van der Waals surface area contributed by atoms with Crippen molar-refractivity contribution in [2.24, 2.45) is 0 Å². The summed E-state index contributed by atoms with van der Waals surface area (Å²) in [4.78, 5) is 14.9. The summed E-state index contributed by atoms with van der Waals surface area (Å²) in [5.74, 6) is 0.699. The van der Waals surface area contributed by atoms with Gasteiger partial charge in [0, 0.05) is 36.9 Å². The van der Waals surface area contributed by atoms with E-state index >= 15 is 0 Å². The van der Waals surface area contributed by atoms with Crippen LogP contribution >= 0.6 is 0 Å². The van der Waals surface area contributed by atoms with E-state index < -0.39 is 17.4 Å². The maximum atomic E-state index is 13.5. The van der Waals surface area contributed by atoms with Crippen molar-refractivity contribution in [2.45, 2.75) is 70.9 Å². The minimum absolute atomic E-state index is 0.0516. The van der Waals surface area contributed by atoms with Crippen molar-refractivity contribution in [2.75, 3.05) is 13.1 Å². The fourth-order valence-electron chi connectivity index (χ4n) is 5.04. The summed E-state index contributed by atoms with van der Waals surface area (Å²) in [6.07, 6.45) is -3.19. The number of hydrogen-bond donors (Lipinski definition) is 1. The molecule has 1 spiro atoms. The lowest BCUT2D eigenvalue weighted by molar-refractivity contribution is -0.144. The zero-order valence-electron chi connectivity index (χ0n) is 18.9. The van der Waals surface area contributed by atoms with Gasteiger partial charge in [-0.05, 0) is 76.4 Å². The molecule has 0 unspecified atom stereocenters. The zero-order valence-corrected chi connectivity index (χ0v) is 18.9. The highest BCUT2D eigenvalue weighted by Gasteiger charge is 2.46. The number of ether oxygens (including phenoxy) is 1. The Balaban J connectivity index is 1.52. The number of rotatable bonds is 3. The van der Waals surface area contributed by atoms with Gasteiger partial charge >= 0.3 is 6.18 Å². The Morgan fingerprint density at radius 1 is 1.19 bits per heavy atom. The van der Waals surface area contributed by atoms with Gasteiger partial charge in [-0.2, -0.15) is 13.2 Å². The van der Waals surface area contributed by atoms with Gasteiger partial charge in [0.2, 0.25) is 0 Å². The number of fused-ring (bicyclic) bond motifs is 2. The molecule has 0 bridgehead atoms. The number of likely N-dealkylation sites (tertiary alicyclic amines) is 1. The first kappa shape index (κ1) is 22.7. The Kier molecular flexibility index (Phi) is 5.77. The fraction of sp³-hybridized carbons (Fsp3) is 0.542. The summed E-state index contributed by atoms with van der Waals surface area (Å²) < 4.78 is 47.6. The molecule has 2 aliphatic heterocycles. The first-order chi connectivity index (χ1) is 15.0. The number of benzene rings is 1. The SMILES string of the molecule is Cc1cc(C(=O)N2CCC3(CC2)N[C@H](C)Cn2c(C(F)(F)F)ccc23)ccc1OC(C)C. The predicted octanol–water partition coefficient (Wildman–Crippen LogP) is 4.73. The Bertz CT molecular complexity index is 1000. The molecule has 0 aliphatic carbocycles. The molecule has 174 valence electrons. The minimum Gasteiger partial charge on any atom is -0.491 e. The van der Waals surface area contributed by atoms with Crippen molar-refractivity contribution in [3.05, 3.63) is 52.8 Å². The highest BCUT2D eigenvalue weighted by molar-refractivity contribution is 5.94. The summed E-state index contributed by atoms with van der Waals surface area (Å²) in [5.41, 5.74) is 1.02. The summed E-state index contributed by atoms with van der Waals surface area (Å²) in [6.45, 7) is 8.98. The van der Waals surface area contributed by atoms with Gasteiger partial charge in [0.15, 0.2) is 0 Å². The van der Waals surface area contributed by atoms with E-state index in [0.717, 1.165) is 11.3 Å². The van der Waals surface area contributed by atoms with Crippen LogP contribution in [0.15, 0.2) is 30.3 Å². The standard InChI is InChI=1S/C24H30F3N3O2/c1-15(2)32-19-6-5-18(13-16(19)3)22(31)29-11-9-23(10-12-29)20-7-8-21(24(25,26)27)30(20)14-17(4)28-23/h5-8,13,15,17,28H,9-12,14H2,1-4H3/t17-/m1/s1. The number of amides is 1. The molecule has 0 saturated carbocycles. The molecule has 1 aromatic carbocycles. The molecule has 1 fully saturated rings. The smallest absolute Gasteiger partial charge is 0.431 e. The van der Waals surface area contributed by atoms with Crippen LogP contribution in [0.5, 0.6) is 5.75 Å². The van der Waals surface area contributed by atoms with E-state index in [-0.39, 0.29) is 24.6 Å². The number of alkyl halides is 3. The van der Waals surface area contributed by atoms with Gasteiger partial charge in [-0.25, -0.2) is 0 Å². The first-order valence-electron chi connectivity index (χ1n) is 11.1. The number of aryl methyl sites for hydroxylation is 1. The van der Waals surface area contributed by atoms with Crippen molar-refractivity contribution in [3.63, 3.8) is 0 Å². The van der Waals surface area contributed by atoms with Crippen LogP contribution in [-0.2, 0) is 18.3 Å². The molecule has 1 aromatic heterocycles. The Morgan fingerprint density at radius 2 is 1.88 bits per heavy atom. The average Bonchev–Trinajstić information content (AvgIpc) is 3.14. The lowest BCUT2D eigenvalue weighted by Crippen LogP contribution is -2.59. The molecule has 2 aromatic rings. The molecule has 4 rings (SSSR count). The number of carbonyl (C=O) groups excluding carboxylic acids is 1. The van der Waals surface area contributed by atoms with E-state index in [4.69, 9.17) is 4.74 Å². The number of hydrogen-bond acceptors (Lipinski definition) is 3. The van der Waals surface area contributed by atoms with Gasteiger partial charge in [-0.15, -0.1) is 0 Å². The first-order valence-corrected chi connectivity index (χ1v) is 11.1. The fourth-order valence-corrected chi connectivity index (χ4v) is 5.04. The molecule has 1 atom stereocenters. The predicted molar refractivity (Wildman–Crippen MR) is 116 cm³/mol. The van der Waals surface area contributed by atoms with E-state index in [9.17, 15) is 18.0 Å². The van der Waals surface area contributed by atoms with Gasteiger partial charge in [0.25, 0.3) is 5.91 Å². The molecule has 5 nitrogen and oxygen atoms in total. The van der Waals surface area contributed by atoms with Crippen LogP contribution in [0.2, 0.25) is 0 Å². The normalized spacial score (nSPS) is 20.5. The van der Waals surface area contributed by atoms with Crippen LogP contribution in [0.25, 0.3) is 0 Å². The molecule has 1 N–H and O–H groups in total. The molecule has 8 heteroatoms. The van der Waals surface area contributed by atoms with Gasteiger partial charge < -0.3 is 19.5 Å². The second kappa shape index (κ2) is 8.14. The molecular weight excluding hydrogens is 419 g/mol. The highest BCUT2D eigenvalue weighted by atomic mass is 19.4. The van der Waals surface area contributed by atoms with Gasteiger partial charge in [0.05, 0.1) is 11.6 Å². The van der Waals surface area contributed by atoms with Crippen molar-refractivity contribution in [1.82, 2.24) is 14.8 Å². The highest BCUT2D eigenvalue weighted by Crippen LogP contribution is 2.41. The lowest BCUT2D eigenvalue weighted by atomic mass is 9.82. The molecule has 1 amide bonds. The monoisotopic (exact) mass is 449 g/mol. The van der Waals surface area contributed by atoms with Crippen molar-refractivity contribution in [1.29, 1.82) is 0 Å². The molecule has 0 radical (unpaired) electrons. The van der Waals surface area contributed by atoms with E-state index in [0.29, 0.717) is 37.2 Å². The van der Waals surface area contributed by atoms with Gasteiger partial charge in [0.1, 0.15) is 11.4 Å². The van der Waals surface area contributed by atoms with Crippen LogP contribution in [-0.4, -0.2) is 40.6 Å². The van der Waals surface area contributed by atoms with Gasteiger partial charge in [-0.1, -0.05) is 0 Å². The Morgan fingerprint density at radius 3 is 2.47 bits per heavy atom. The number of piperidine rings is 1. The van der Waals surface area contributed by atoms with Crippen LogP contribution < -0.4 is 10.1 Å². The third-order valence-corrected chi connectivity index (χ3v) is 6.43. The summed E-state index contributed by atoms with van der Waals surface area (Å²) in [6, 6.07) is 8.12. The quantitative estimate of drug-likeness (QED) is 0.737. The second-order valence-corrected chi connectivity index (χ2v) is 9.28. The zero-order chi connectivity index (χ0) is 23.3. The lowest BCUT2D eigenvalue weighted by Gasteiger charge is -2.47. The summed E-state index contributed by atoms with van der Waals surface area (Å²) in [7, 11) is 0. The van der Waals surface area contributed by atoms with Crippen LogP contribution in [0.3, 0.4) is 0 Å². The van der Waals surface area contributed by atoms with Crippen molar-refractivity contribution >= 4 is 5.91 Å². The maximum Gasteiger partial charge on any atom is 0.431 e. The minimum atomic E-state index is -4.38. The van der Waals surface area contributed by atoms with Crippen molar-refractivity contribution < 1.29 is 22.7 Å². The molecule has 32 heavy (non-hydrogen) atoms. The third kappa shape index (κ3) is 4.12. The second-order valence-electron chi connectivity index (χ2n) is 9.28. The average molecular weight is 450 g/mol. The third-order valence-electron chi connectivity index (χ3n) is 6.43. The summed E-state index contributed by atoms with van der Waals surface area (Å²) >= 11 is 0. The Hall–Kier alpha value is -2.48. The number of halogens is 3. The van der Waals surface area contributed by atoms with Gasteiger partial charge in [-0.3, -0.25) is 4.79 Å². The largest absolute Gasteiger partial charge is 0.491 e. The van der Waals surface area contributed by atoms with E-state index in [1.165, 1.54) is 10.6 Å². The topological polar surface area (TPSA) is 46.5 Å². The number of aromatic nitrogens is 1. The molecular formula is C24H30F3N3O2. The Labute approximate surface area is 186 Å². The molecule has 1 saturated heterocycles. The van der Waals surface area contributed by atoms with Crippen LogP contribution in [0.4, 0.5) is 13.2 Å². The number of nitrogens with one attached hydrogen (secondary N) is 1. The van der Waals surface area contributed by atoms with E-state index in [2.05, 4.69) is 5.32 Å². The maximum absolute atomic E-state index is 13.5. The van der Waals surface area contributed by atoms with Crippen LogP contribution in [0, 0.1) is 6.92 Å². The molecule has 3 heterocycles.